The molecule has 140 valence electrons. The zero-order valence-electron chi connectivity index (χ0n) is 14.4. The van der Waals surface area contributed by atoms with E-state index in [9.17, 15) is 19.5 Å². The van der Waals surface area contributed by atoms with Crippen LogP contribution in [0.15, 0.2) is 24.3 Å². The number of carbonyl (C=O) groups excluding carboxylic acids is 2. The third kappa shape index (κ3) is 3.08. The molecule has 3 N–H and O–H groups in total. The number of aromatic carboxylic acids is 1. The van der Waals surface area contributed by atoms with Crippen molar-refractivity contribution in [3.05, 3.63) is 46.0 Å². The highest BCUT2D eigenvalue weighted by atomic mass is 32.1. The van der Waals surface area contributed by atoms with Gasteiger partial charge in [0.15, 0.2) is 5.13 Å². The number of imide groups is 1. The zero-order valence-corrected chi connectivity index (χ0v) is 15.2. The van der Waals surface area contributed by atoms with Crippen molar-refractivity contribution in [2.45, 2.75) is 25.4 Å². The second-order valence-corrected chi connectivity index (χ2v) is 7.62. The number of thiazole rings is 1. The van der Waals surface area contributed by atoms with E-state index in [0.29, 0.717) is 29.3 Å². The molecule has 3 heterocycles. The maximum atomic E-state index is 12.5. The van der Waals surface area contributed by atoms with E-state index in [0.717, 1.165) is 29.1 Å². The van der Waals surface area contributed by atoms with Crippen LogP contribution >= 0.6 is 11.3 Å². The summed E-state index contributed by atoms with van der Waals surface area (Å²) in [5.41, 5.74) is 6.82. The summed E-state index contributed by atoms with van der Waals surface area (Å²) in [5.74, 6) is -1.96. The van der Waals surface area contributed by atoms with E-state index in [2.05, 4.69) is 4.98 Å². The first-order valence-electron chi connectivity index (χ1n) is 8.64. The van der Waals surface area contributed by atoms with Gasteiger partial charge in [-0.1, -0.05) is 23.5 Å². The van der Waals surface area contributed by atoms with Crippen molar-refractivity contribution >= 4 is 34.3 Å². The molecule has 0 atom stereocenters. The summed E-state index contributed by atoms with van der Waals surface area (Å²) in [5, 5.41) is 10.1. The summed E-state index contributed by atoms with van der Waals surface area (Å²) in [4.78, 5) is 44.3. The average molecular weight is 386 g/mol. The van der Waals surface area contributed by atoms with Crippen molar-refractivity contribution in [1.82, 2.24) is 9.88 Å². The van der Waals surface area contributed by atoms with Crippen molar-refractivity contribution < 1.29 is 19.5 Å². The number of hydrogen-bond acceptors (Lipinski definition) is 7. The summed E-state index contributed by atoms with van der Waals surface area (Å²) in [6.45, 7) is 1.26. The molecule has 2 aliphatic rings. The third-order valence-electron chi connectivity index (χ3n) is 4.88. The topological polar surface area (TPSA) is 117 Å². The Bertz CT molecular complexity index is 898. The average Bonchev–Trinajstić information content (AvgIpc) is 3.19. The number of amides is 2. The maximum absolute atomic E-state index is 12.5. The standard InChI is InChI=1S/C18H18N4O4S/c19-10-5-7-21(8-6-10)18-20-13(14(27-18)17(25)26)9-22-15(23)11-3-1-2-4-12(11)16(22)24/h1-4,10H,5-9,19H2,(H,25,26). The fourth-order valence-corrected chi connectivity index (χ4v) is 4.34. The summed E-state index contributed by atoms with van der Waals surface area (Å²) in [6, 6.07) is 6.72. The van der Waals surface area contributed by atoms with Crippen LogP contribution in [0.5, 0.6) is 0 Å². The molecule has 4 rings (SSSR count). The number of benzene rings is 1. The van der Waals surface area contributed by atoms with Crippen LogP contribution in [-0.2, 0) is 6.54 Å². The molecule has 0 spiro atoms. The first kappa shape index (κ1) is 17.6. The molecule has 1 aromatic carbocycles. The molecule has 1 fully saturated rings. The Morgan fingerprint density at radius 1 is 1.19 bits per heavy atom. The number of nitrogens with zero attached hydrogens (tertiary/aromatic N) is 3. The van der Waals surface area contributed by atoms with Crippen LogP contribution in [0.3, 0.4) is 0 Å². The van der Waals surface area contributed by atoms with E-state index in [1.54, 1.807) is 24.3 Å². The van der Waals surface area contributed by atoms with Gasteiger partial charge in [-0.15, -0.1) is 0 Å². The molecule has 2 amide bonds. The van der Waals surface area contributed by atoms with Crippen LogP contribution in [-0.4, -0.2) is 51.9 Å². The third-order valence-corrected chi connectivity index (χ3v) is 6.02. The van der Waals surface area contributed by atoms with Gasteiger partial charge in [-0.2, -0.15) is 0 Å². The Labute approximate surface area is 159 Å². The number of carboxylic acids is 1. The number of carboxylic acid groups (broad SMARTS) is 1. The molecule has 2 aromatic rings. The highest BCUT2D eigenvalue weighted by Crippen LogP contribution is 2.31. The lowest BCUT2D eigenvalue weighted by Gasteiger charge is -2.29. The predicted octanol–water partition coefficient (Wildman–Crippen LogP) is 1.56. The number of rotatable bonds is 4. The van der Waals surface area contributed by atoms with Gasteiger partial charge >= 0.3 is 5.97 Å². The minimum Gasteiger partial charge on any atom is -0.477 e. The zero-order chi connectivity index (χ0) is 19.1. The van der Waals surface area contributed by atoms with Crippen LogP contribution < -0.4 is 10.6 Å². The quantitative estimate of drug-likeness (QED) is 0.766. The van der Waals surface area contributed by atoms with Gasteiger partial charge in [-0.25, -0.2) is 9.78 Å². The largest absolute Gasteiger partial charge is 0.477 e. The Hall–Kier alpha value is -2.78. The molecule has 0 saturated carbocycles. The molecular weight excluding hydrogens is 368 g/mol. The van der Waals surface area contributed by atoms with Crippen LogP contribution in [0.2, 0.25) is 0 Å². The number of nitrogens with two attached hydrogens (primary N) is 1. The molecule has 1 aromatic heterocycles. The molecule has 0 bridgehead atoms. The predicted molar refractivity (Wildman–Crippen MR) is 99.1 cm³/mol. The minimum atomic E-state index is -1.11. The maximum Gasteiger partial charge on any atom is 0.347 e. The monoisotopic (exact) mass is 386 g/mol. The van der Waals surface area contributed by atoms with Crippen molar-refractivity contribution in [2.24, 2.45) is 5.73 Å². The smallest absolute Gasteiger partial charge is 0.347 e. The van der Waals surface area contributed by atoms with Crippen molar-refractivity contribution in [3.63, 3.8) is 0 Å². The number of aromatic nitrogens is 1. The molecule has 0 unspecified atom stereocenters. The Morgan fingerprint density at radius 3 is 2.33 bits per heavy atom. The van der Waals surface area contributed by atoms with E-state index in [1.165, 1.54) is 0 Å². The SMILES string of the molecule is NC1CCN(c2nc(CN3C(=O)c4ccccc4C3=O)c(C(=O)O)s2)CC1. The normalized spacial score (nSPS) is 17.5. The van der Waals surface area contributed by atoms with Crippen LogP contribution in [0, 0.1) is 0 Å². The van der Waals surface area contributed by atoms with E-state index < -0.39 is 17.8 Å². The molecule has 1 saturated heterocycles. The van der Waals surface area contributed by atoms with Gasteiger partial charge in [-0.3, -0.25) is 14.5 Å². The lowest BCUT2D eigenvalue weighted by atomic mass is 10.1. The van der Waals surface area contributed by atoms with Gasteiger partial charge in [0, 0.05) is 19.1 Å². The Morgan fingerprint density at radius 2 is 1.78 bits per heavy atom. The fourth-order valence-electron chi connectivity index (χ4n) is 3.37. The fraction of sp³-hybridized carbons (Fsp3) is 0.333. The molecular formula is C18H18N4O4S. The molecule has 27 heavy (non-hydrogen) atoms. The van der Waals surface area contributed by atoms with Crippen molar-refractivity contribution in [1.29, 1.82) is 0 Å². The van der Waals surface area contributed by atoms with E-state index in [-0.39, 0.29) is 23.2 Å². The van der Waals surface area contributed by atoms with E-state index >= 15 is 0 Å². The second-order valence-electron chi connectivity index (χ2n) is 6.64. The van der Waals surface area contributed by atoms with Crippen LogP contribution in [0.1, 0.15) is 48.9 Å². The van der Waals surface area contributed by atoms with Crippen molar-refractivity contribution in [2.75, 3.05) is 18.0 Å². The van der Waals surface area contributed by atoms with Crippen LogP contribution in [0.4, 0.5) is 5.13 Å². The lowest BCUT2D eigenvalue weighted by molar-refractivity contribution is 0.0627. The summed E-state index contributed by atoms with van der Waals surface area (Å²) in [7, 11) is 0. The van der Waals surface area contributed by atoms with E-state index in [1.807, 2.05) is 4.90 Å². The number of carbonyl (C=O) groups is 3. The lowest BCUT2D eigenvalue weighted by Crippen LogP contribution is -2.39. The van der Waals surface area contributed by atoms with Gasteiger partial charge in [-0.05, 0) is 25.0 Å². The molecule has 2 aliphatic heterocycles. The van der Waals surface area contributed by atoms with Gasteiger partial charge in [0.25, 0.3) is 11.8 Å². The summed E-state index contributed by atoms with van der Waals surface area (Å²) < 4.78 is 0. The molecule has 0 radical (unpaired) electrons. The van der Waals surface area contributed by atoms with Gasteiger partial charge in [0.1, 0.15) is 4.88 Å². The second kappa shape index (κ2) is 6.75. The number of fused-ring (bicyclic) bond motifs is 1. The number of piperidine rings is 1. The Balaban J connectivity index is 1.61. The number of hydrogen-bond donors (Lipinski definition) is 2. The van der Waals surface area contributed by atoms with Crippen molar-refractivity contribution in [3.8, 4) is 0 Å². The highest BCUT2D eigenvalue weighted by molar-refractivity contribution is 7.17. The first-order chi connectivity index (χ1) is 13.0. The summed E-state index contributed by atoms with van der Waals surface area (Å²) >= 11 is 1.07. The summed E-state index contributed by atoms with van der Waals surface area (Å²) in [6.07, 6.45) is 1.63. The van der Waals surface area contributed by atoms with Gasteiger partial charge in [0.2, 0.25) is 0 Å². The highest BCUT2D eigenvalue weighted by Gasteiger charge is 2.36. The van der Waals surface area contributed by atoms with Gasteiger partial charge in [0.05, 0.1) is 23.4 Å². The van der Waals surface area contributed by atoms with E-state index in [4.69, 9.17) is 5.73 Å². The molecule has 0 aliphatic carbocycles. The minimum absolute atomic E-state index is 0.0522. The van der Waals surface area contributed by atoms with Crippen LogP contribution in [0.25, 0.3) is 0 Å². The molecule has 8 nitrogen and oxygen atoms in total. The van der Waals surface area contributed by atoms with Gasteiger partial charge < -0.3 is 15.7 Å². The number of anilines is 1. The first-order valence-corrected chi connectivity index (χ1v) is 9.46. The Kier molecular flexibility index (Phi) is 4.40. The molecule has 9 heteroatoms.